The van der Waals surface area contributed by atoms with Crippen molar-refractivity contribution in [3.8, 4) is 5.75 Å². The monoisotopic (exact) mass is 465 g/mol. The summed E-state index contributed by atoms with van der Waals surface area (Å²) in [6, 6.07) is 14.1. The van der Waals surface area contributed by atoms with E-state index in [-0.39, 0.29) is 31.0 Å². The Morgan fingerprint density at radius 1 is 1.09 bits per heavy atom. The van der Waals surface area contributed by atoms with Crippen LogP contribution in [-0.4, -0.2) is 52.9 Å². The van der Waals surface area contributed by atoms with Crippen molar-refractivity contribution in [2.45, 2.75) is 39.3 Å². The van der Waals surface area contributed by atoms with E-state index in [1.807, 2.05) is 56.4 Å². The number of aromatic nitrogens is 1. The molecule has 8 heteroatoms. The number of para-hydroxylation sites is 1. The molecule has 0 bridgehead atoms. The smallest absolute Gasteiger partial charge is 0.328 e. The molecule has 34 heavy (non-hydrogen) atoms. The van der Waals surface area contributed by atoms with E-state index in [2.05, 4.69) is 10.1 Å². The topological polar surface area (TPSA) is 104 Å². The van der Waals surface area contributed by atoms with E-state index in [0.717, 1.165) is 22.0 Å². The van der Waals surface area contributed by atoms with Crippen molar-refractivity contribution >= 4 is 28.5 Å². The van der Waals surface area contributed by atoms with Crippen LogP contribution in [0.1, 0.15) is 31.4 Å². The van der Waals surface area contributed by atoms with Crippen LogP contribution < -0.4 is 4.74 Å². The van der Waals surface area contributed by atoms with Crippen LogP contribution in [0.2, 0.25) is 0 Å². The molecule has 0 saturated heterocycles. The molecule has 0 aliphatic rings. The molecule has 180 valence electrons. The first-order valence-electron chi connectivity index (χ1n) is 11.2. The Kier molecular flexibility index (Phi) is 8.29. The fourth-order valence-corrected chi connectivity index (χ4v) is 3.94. The molecule has 3 rings (SSSR count). The predicted molar refractivity (Wildman–Crippen MR) is 130 cm³/mol. The summed E-state index contributed by atoms with van der Waals surface area (Å²) in [6.45, 7) is 3.98. The molecule has 1 atom stereocenters. The molecule has 0 saturated carbocycles. The lowest BCUT2D eigenvalue weighted by atomic mass is 10.0. The minimum absolute atomic E-state index is 0.00339. The first-order valence-corrected chi connectivity index (χ1v) is 11.2. The summed E-state index contributed by atoms with van der Waals surface area (Å²) in [6.07, 6.45) is 2.35. The largest absolute Gasteiger partial charge is 0.497 e. The quantitative estimate of drug-likeness (QED) is 0.202. The van der Waals surface area contributed by atoms with Gasteiger partial charge in [0.1, 0.15) is 17.5 Å². The zero-order chi connectivity index (χ0) is 24.7. The van der Waals surface area contributed by atoms with Gasteiger partial charge in [0.15, 0.2) is 0 Å². The molecular formula is C26H31N3O5. The number of esters is 1. The van der Waals surface area contributed by atoms with Gasteiger partial charge in [-0.15, -0.1) is 0 Å². The van der Waals surface area contributed by atoms with Gasteiger partial charge in [0.2, 0.25) is 0 Å². The highest BCUT2D eigenvalue weighted by atomic mass is 16.5. The van der Waals surface area contributed by atoms with Gasteiger partial charge in [0.05, 0.1) is 14.2 Å². The lowest BCUT2D eigenvalue weighted by Crippen LogP contribution is -2.49. The molecular weight excluding hydrogens is 434 g/mol. The van der Waals surface area contributed by atoms with Crippen molar-refractivity contribution in [3.05, 3.63) is 65.9 Å². The SMILES string of the molecule is COC(=O)[C@H](Cc1c[nH]c2ccccc12)N(Cc1ccc(OC)cc1)C(=O)C(CC(C)C)=NO. The molecule has 0 radical (unpaired) electrons. The zero-order valence-electron chi connectivity index (χ0n) is 19.9. The van der Waals surface area contributed by atoms with Crippen molar-refractivity contribution in [2.24, 2.45) is 11.1 Å². The average molecular weight is 466 g/mol. The van der Waals surface area contributed by atoms with Crippen molar-refractivity contribution < 1.29 is 24.3 Å². The number of fused-ring (bicyclic) bond motifs is 1. The maximum Gasteiger partial charge on any atom is 0.328 e. The number of H-pyrrole nitrogens is 1. The summed E-state index contributed by atoms with van der Waals surface area (Å²) in [7, 11) is 2.88. The van der Waals surface area contributed by atoms with Gasteiger partial charge in [-0.2, -0.15) is 0 Å². The fraction of sp³-hybridized carbons (Fsp3) is 0.346. The van der Waals surface area contributed by atoms with Crippen LogP contribution in [0, 0.1) is 5.92 Å². The second-order valence-electron chi connectivity index (χ2n) is 8.53. The third kappa shape index (κ3) is 5.75. The number of benzene rings is 2. The molecule has 1 amide bonds. The Hall–Kier alpha value is -3.81. The Morgan fingerprint density at radius 3 is 2.41 bits per heavy atom. The van der Waals surface area contributed by atoms with Gasteiger partial charge in [-0.1, -0.05) is 49.3 Å². The second kappa shape index (κ2) is 11.4. The number of ether oxygens (including phenoxy) is 2. The number of carbonyl (C=O) groups is 2. The molecule has 2 N–H and O–H groups in total. The van der Waals surface area contributed by atoms with Crippen LogP contribution in [0.5, 0.6) is 5.75 Å². The summed E-state index contributed by atoms with van der Waals surface area (Å²) in [5.41, 5.74) is 2.61. The fourth-order valence-electron chi connectivity index (χ4n) is 3.94. The summed E-state index contributed by atoms with van der Waals surface area (Å²) in [5, 5.41) is 13.9. The normalized spacial score (nSPS) is 12.6. The van der Waals surface area contributed by atoms with Crippen molar-refractivity contribution in [2.75, 3.05) is 14.2 Å². The summed E-state index contributed by atoms with van der Waals surface area (Å²) < 4.78 is 10.3. The number of carbonyl (C=O) groups excluding carboxylic acids is 2. The molecule has 0 aliphatic carbocycles. The number of hydrogen-bond acceptors (Lipinski definition) is 6. The molecule has 0 spiro atoms. The van der Waals surface area contributed by atoms with Gasteiger partial charge in [0, 0.05) is 36.5 Å². The van der Waals surface area contributed by atoms with Gasteiger partial charge in [-0.05, 0) is 35.2 Å². The van der Waals surface area contributed by atoms with E-state index >= 15 is 0 Å². The summed E-state index contributed by atoms with van der Waals surface area (Å²) in [5.74, 6) is -0.290. The summed E-state index contributed by atoms with van der Waals surface area (Å²) in [4.78, 5) is 31.2. The second-order valence-corrected chi connectivity index (χ2v) is 8.53. The Bertz CT molecular complexity index is 1150. The standard InChI is InChI=1S/C26H31N3O5/c1-17(2)13-23(28-32)25(30)29(16-18-9-11-20(33-3)12-10-18)24(26(31)34-4)14-19-15-27-22-8-6-5-7-21(19)22/h5-12,15,17,24,27,32H,13-14,16H2,1-4H3/t24-/m0/s1. The molecule has 1 heterocycles. The number of methoxy groups -OCH3 is 2. The van der Waals surface area contributed by atoms with Gasteiger partial charge >= 0.3 is 5.97 Å². The first kappa shape index (κ1) is 24.8. The van der Waals surface area contributed by atoms with Gasteiger partial charge in [0.25, 0.3) is 5.91 Å². The predicted octanol–water partition coefficient (Wildman–Crippen LogP) is 4.17. The van der Waals surface area contributed by atoms with E-state index in [1.165, 1.54) is 12.0 Å². The van der Waals surface area contributed by atoms with Crippen LogP contribution in [0.25, 0.3) is 10.9 Å². The average Bonchev–Trinajstić information content (AvgIpc) is 3.26. The lowest BCUT2D eigenvalue weighted by molar-refractivity contribution is -0.151. The third-order valence-electron chi connectivity index (χ3n) is 5.68. The molecule has 1 aromatic heterocycles. The number of hydrogen-bond donors (Lipinski definition) is 2. The number of amides is 1. The van der Waals surface area contributed by atoms with Crippen LogP contribution >= 0.6 is 0 Å². The van der Waals surface area contributed by atoms with E-state index in [1.54, 1.807) is 19.2 Å². The van der Waals surface area contributed by atoms with Crippen LogP contribution in [-0.2, 0) is 27.3 Å². The Morgan fingerprint density at radius 2 is 1.79 bits per heavy atom. The number of nitrogens with one attached hydrogen (secondary N) is 1. The van der Waals surface area contributed by atoms with E-state index in [0.29, 0.717) is 5.75 Å². The molecule has 0 unspecified atom stereocenters. The van der Waals surface area contributed by atoms with Crippen LogP contribution in [0.3, 0.4) is 0 Å². The number of rotatable bonds is 10. The van der Waals surface area contributed by atoms with E-state index < -0.39 is 17.9 Å². The first-order chi connectivity index (χ1) is 16.4. The van der Waals surface area contributed by atoms with Crippen molar-refractivity contribution in [1.82, 2.24) is 9.88 Å². The van der Waals surface area contributed by atoms with E-state index in [9.17, 15) is 14.8 Å². The number of aromatic amines is 1. The minimum Gasteiger partial charge on any atom is -0.497 e. The van der Waals surface area contributed by atoms with E-state index in [4.69, 9.17) is 9.47 Å². The van der Waals surface area contributed by atoms with Gasteiger partial charge < -0.3 is 24.6 Å². The molecule has 0 fully saturated rings. The molecule has 8 nitrogen and oxygen atoms in total. The number of nitrogens with zero attached hydrogens (tertiary/aromatic N) is 2. The highest BCUT2D eigenvalue weighted by molar-refractivity contribution is 6.39. The van der Waals surface area contributed by atoms with Crippen LogP contribution in [0.15, 0.2) is 59.9 Å². The molecule has 0 aliphatic heterocycles. The highest BCUT2D eigenvalue weighted by Crippen LogP contribution is 2.23. The van der Waals surface area contributed by atoms with Crippen LogP contribution in [0.4, 0.5) is 0 Å². The number of oxime groups is 1. The van der Waals surface area contributed by atoms with Crippen molar-refractivity contribution in [3.63, 3.8) is 0 Å². The Labute approximate surface area is 199 Å². The molecule has 3 aromatic rings. The third-order valence-corrected chi connectivity index (χ3v) is 5.68. The summed E-state index contributed by atoms with van der Waals surface area (Å²) >= 11 is 0. The van der Waals surface area contributed by atoms with Crippen molar-refractivity contribution in [1.29, 1.82) is 0 Å². The van der Waals surface area contributed by atoms with Gasteiger partial charge in [-0.3, -0.25) is 4.79 Å². The maximum atomic E-state index is 13.6. The lowest BCUT2D eigenvalue weighted by Gasteiger charge is -2.30. The molecule has 2 aromatic carbocycles. The highest BCUT2D eigenvalue weighted by Gasteiger charge is 2.34. The zero-order valence-corrected chi connectivity index (χ0v) is 19.9. The minimum atomic E-state index is -0.928. The maximum absolute atomic E-state index is 13.6. The van der Waals surface area contributed by atoms with Gasteiger partial charge in [-0.25, -0.2) is 4.79 Å². The Balaban J connectivity index is 2.02.